The first-order chi connectivity index (χ1) is 16.8. The van der Waals surface area contributed by atoms with Crippen molar-refractivity contribution in [3.8, 4) is 5.75 Å². The largest absolute Gasteiger partial charge is 0.494 e. The van der Waals surface area contributed by atoms with Gasteiger partial charge in [0.25, 0.3) is 5.91 Å². The molecule has 1 unspecified atom stereocenters. The minimum Gasteiger partial charge on any atom is -0.494 e. The van der Waals surface area contributed by atoms with E-state index in [1.807, 2.05) is 38.1 Å². The second-order valence-corrected chi connectivity index (χ2v) is 10.0. The van der Waals surface area contributed by atoms with Gasteiger partial charge in [-0.05, 0) is 68.5 Å². The predicted molar refractivity (Wildman–Crippen MR) is 137 cm³/mol. The lowest BCUT2D eigenvalue weighted by molar-refractivity contribution is 0.0593. The summed E-state index contributed by atoms with van der Waals surface area (Å²) in [6, 6.07) is 11.9. The molecule has 0 N–H and O–H groups in total. The number of carbonyl (C=O) groups is 1. The number of benzene rings is 2. The average Bonchev–Trinajstić information content (AvgIpc) is 3.09. The third-order valence-electron chi connectivity index (χ3n) is 6.06. The van der Waals surface area contributed by atoms with Crippen molar-refractivity contribution in [3.63, 3.8) is 0 Å². The van der Waals surface area contributed by atoms with Crippen LogP contribution in [0.4, 0.5) is 0 Å². The Labute approximate surface area is 210 Å². The van der Waals surface area contributed by atoms with Crippen molar-refractivity contribution in [1.29, 1.82) is 0 Å². The second kappa shape index (κ2) is 10.8. The predicted octanol–water partition coefficient (Wildman–Crippen LogP) is 6.23. The summed E-state index contributed by atoms with van der Waals surface area (Å²) in [5, 5.41) is 0.803. The van der Waals surface area contributed by atoms with Crippen LogP contribution < -0.4 is 10.2 Å². The first-order valence-electron chi connectivity index (χ1n) is 12.2. The minimum absolute atomic E-state index is 0.0886. The molecule has 7 heteroatoms. The fourth-order valence-corrected chi connectivity index (χ4v) is 4.48. The summed E-state index contributed by atoms with van der Waals surface area (Å²) in [4.78, 5) is 28.8. The van der Waals surface area contributed by atoms with E-state index in [0.717, 1.165) is 12.0 Å². The lowest BCUT2D eigenvalue weighted by Gasteiger charge is -2.25. The molecule has 0 fully saturated rings. The zero-order valence-electron chi connectivity index (χ0n) is 20.7. The third-order valence-corrected chi connectivity index (χ3v) is 6.30. The van der Waals surface area contributed by atoms with Crippen LogP contribution in [-0.2, 0) is 4.74 Å². The number of rotatable bonds is 10. The van der Waals surface area contributed by atoms with E-state index >= 15 is 0 Å². The molecule has 0 saturated heterocycles. The second-order valence-electron chi connectivity index (χ2n) is 9.59. The Hall–Kier alpha value is -2.83. The molecule has 2 aromatic carbocycles. The Kier molecular flexibility index (Phi) is 7.82. The zero-order valence-corrected chi connectivity index (χ0v) is 21.4. The van der Waals surface area contributed by atoms with Crippen LogP contribution in [0.1, 0.15) is 68.3 Å². The number of nitrogens with zero attached hydrogens (tertiary/aromatic N) is 1. The molecule has 3 aromatic rings. The number of hydrogen-bond donors (Lipinski definition) is 0. The molecule has 6 nitrogen and oxygen atoms in total. The van der Waals surface area contributed by atoms with Crippen molar-refractivity contribution < 1.29 is 18.7 Å². The number of amides is 1. The highest BCUT2D eigenvalue weighted by Gasteiger charge is 2.42. The Morgan fingerprint density at radius 3 is 2.60 bits per heavy atom. The highest BCUT2D eigenvalue weighted by atomic mass is 35.5. The van der Waals surface area contributed by atoms with E-state index in [1.165, 1.54) is 0 Å². The van der Waals surface area contributed by atoms with Crippen LogP contribution >= 0.6 is 11.6 Å². The topological polar surface area (TPSA) is 69.0 Å². The first kappa shape index (κ1) is 25.3. The molecule has 0 aliphatic carbocycles. The summed E-state index contributed by atoms with van der Waals surface area (Å²) in [7, 11) is 0. The zero-order chi connectivity index (χ0) is 25.1. The molecule has 0 bridgehead atoms. The molecule has 0 radical (unpaired) electrons. The fourth-order valence-electron chi connectivity index (χ4n) is 4.31. The van der Waals surface area contributed by atoms with Gasteiger partial charge in [0.15, 0.2) is 5.43 Å². The van der Waals surface area contributed by atoms with Crippen molar-refractivity contribution in [1.82, 2.24) is 4.90 Å². The number of hydrogen-bond acceptors (Lipinski definition) is 5. The third kappa shape index (κ3) is 5.54. The molecule has 0 spiro atoms. The lowest BCUT2D eigenvalue weighted by Crippen LogP contribution is -2.31. The van der Waals surface area contributed by atoms with Gasteiger partial charge in [0.05, 0.1) is 29.7 Å². The molecule has 4 rings (SSSR count). The van der Waals surface area contributed by atoms with Crippen molar-refractivity contribution in [2.24, 2.45) is 5.92 Å². The lowest BCUT2D eigenvalue weighted by atomic mass is 9.98. The molecule has 1 aromatic heterocycles. The van der Waals surface area contributed by atoms with E-state index in [2.05, 4.69) is 13.8 Å². The van der Waals surface area contributed by atoms with Crippen LogP contribution in [0.15, 0.2) is 51.7 Å². The molecular weight excluding hydrogens is 466 g/mol. The monoisotopic (exact) mass is 497 g/mol. The van der Waals surface area contributed by atoms with Crippen LogP contribution in [0.2, 0.25) is 5.02 Å². The smallest absolute Gasteiger partial charge is 0.290 e. The molecule has 1 atom stereocenters. The van der Waals surface area contributed by atoms with Crippen molar-refractivity contribution in [3.05, 3.63) is 74.6 Å². The van der Waals surface area contributed by atoms with E-state index in [1.54, 1.807) is 23.1 Å². The number of carbonyl (C=O) groups excluding carboxylic acids is 1. The minimum atomic E-state index is -0.579. The highest BCUT2D eigenvalue weighted by Crippen LogP contribution is 2.39. The molecule has 35 heavy (non-hydrogen) atoms. The number of halogens is 1. The SMILES string of the molecule is CC(C)CCOc1cccc(C2c3c(oc4ccc(Cl)cc4c3=O)C(=O)N2CCCOC(C)C)c1. The summed E-state index contributed by atoms with van der Waals surface area (Å²) in [5.41, 5.74) is 1.25. The molecule has 1 amide bonds. The maximum atomic E-state index is 13.6. The van der Waals surface area contributed by atoms with E-state index in [4.69, 9.17) is 25.5 Å². The van der Waals surface area contributed by atoms with Crippen molar-refractivity contribution in [2.75, 3.05) is 19.8 Å². The summed E-state index contributed by atoms with van der Waals surface area (Å²) >= 11 is 6.17. The molecular formula is C28H32ClNO5. The van der Waals surface area contributed by atoms with Gasteiger partial charge >= 0.3 is 0 Å². The Balaban J connectivity index is 1.75. The quantitative estimate of drug-likeness (QED) is 0.310. The van der Waals surface area contributed by atoms with Crippen LogP contribution in [0, 0.1) is 5.92 Å². The number of fused-ring (bicyclic) bond motifs is 2. The van der Waals surface area contributed by atoms with E-state index < -0.39 is 6.04 Å². The van der Waals surface area contributed by atoms with Crippen molar-refractivity contribution >= 4 is 28.5 Å². The average molecular weight is 498 g/mol. The number of ether oxygens (including phenoxy) is 2. The Morgan fingerprint density at radius 2 is 1.86 bits per heavy atom. The van der Waals surface area contributed by atoms with Gasteiger partial charge in [-0.3, -0.25) is 9.59 Å². The Morgan fingerprint density at radius 1 is 1.06 bits per heavy atom. The van der Waals surface area contributed by atoms with E-state index in [-0.39, 0.29) is 23.2 Å². The van der Waals surface area contributed by atoms with Gasteiger partial charge in [-0.15, -0.1) is 0 Å². The summed E-state index contributed by atoms with van der Waals surface area (Å²) < 4.78 is 17.6. The van der Waals surface area contributed by atoms with E-state index in [9.17, 15) is 9.59 Å². The van der Waals surface area contributed by atoms with Gasteiger partial charge in [-0.2, -0.15) is 0 Å². The molecule has 1 aliphatic rings. The molecule has 186 valence electrons. The summed E-state index contributed by atoms with van der Waals surface area (Å²) in [6.45, 7) is 9.79. The molecule has 2 heterocycles. The maximum Gasteiger partial charge on any atom is 0.290 e. The van der Waals surface area contributed by atoms with Gasteiger partial charge in [0.2, 0.25) is 5.76 Å². The standard InChI is InChI=1S/C28H32ClNO5/c1-17(2)11-14-34-21-8-5-7-19(15-21)25-24-26(31)22-16-20(29)9-10-23(22)35-27(24)28(32)30(25)12-6-13-33-18(3)4/h5,7-10,15-18,25H,6,11-14H2,1-4H3. The Bertz CT molecular complexity index is 1270. The highest BCUT2D eigenvalue weighted by molar-refractivity contribution is 6.31. The van der Waals surface area contributed by atoms with Gasteiger partial charge in [-0.25, -0.2) is 0 Å². The molecule has 1 aliphatic heterocycles. The van der Waals surface area contributed by atoms with Gasteiger partial charge in [-0.1, -0.05) is 37.6 Å². The van der Waals surface area contributed by atoms with Crippen LogP contribution in [0.3, 0.4) is 0 Å². The van der Waals surface area contributed by atoms with Crippen LogP contribution in [-0.4, -0.2) is 36.7 Å². The maximum absolute atomic E-state index is 13.6. The normalized spacial score (nSPS) is 15.5. The summed E-state index contributed by atoms with van der Waals surface area (Å²) in [6.07, 6.45) is 1.68. The fraction of sp³-hybridized carbons (Fsp3) is 0.429. The summed E-state index contributed by atoms with van der Waals surface area (Å²) in [5.74, 6) is 1.03. The van der Waals surface area contributed by atoms with E-state index in [0.29, 0.717) is 59.4 Å². The van der Waals surface area contributed by atoms with Gasteiger partial charge in [0, 0.05) is 18.2 Å². The molecule has 0 saturated carbocycles. The van der Waals surface area contributed by atoms with Crippen molar-refractivity contribution in [2.45, 2.75) is 52.7 Å². The van der Waals surface area contributed by atoms with Crippen LogP contribution in [0.5, 0.6) is 5.75 Å². The van der Waals surface area contributed by atoms with Gasteiger partial charge < -0.3 is 18.8 Å². The van der Waals surface area contributed by atoms with Crippen LogP contribution in [0.25, 0.3) is 11.0 Å². The van der Waals surface area contributed by atoms with Gasteiger partial charge in [0.1, 0.15) is 11.3 Å². The first-order valence-corrected chi connectivity index (χ1v) is 12.6.